The molecule has 0 bridgehead atoms. The average Bonchev–Trinajstić information content (AvgIpc) is 3.25. The van der Waals surface area contributed by atoms with Crippen molar-refractivity contribution in [2.45, 2.75) is 63.8 Å². The predicted molar refractivity (Wildman–Crippen MR) is 108 cm³/mol. The summed E-state index contributed by atoms with van der Waals surface area (Å²) in [5.74, 6) is 0.666. The molecule has 1 aromatic carbocycles. The number of hydrogen-bond acceptors (Lipinski definition) is 4. The number of thiazole rings is 1. The van der Waals surface area contributed by atoms with E-state index in [1.54, 1.807) is 0 Å². The van der Waals surface area contributed by atoms with Gasteiger partial charge < -0.3 is 10.6 Å². The van der Waals surface area contributed by atoms with Gasteiger partial charge in [0.2, 0.25) is 0 Å². The van der Waals surface area contributed by atoms with Gasteiger partial charge in [0, 0.05) is 19.6 Å². The lowest BCUT2D eigenvalue weighted by atomic mass is 9.88. The lowest BCUT2D eigenvalue weighted by molar-refractivity contribution is 0.674. The smallest absolute Gasteiger partial charge is 0.185 e. The topological polar surface area (TPSA) is 42.2 Å². The largest absolute Gasteiger partial charge is 0.351 e. The molecular weight excluding hydrogens is 326 g/mol. The van der Waals surface area contributed by atoms with Gasteiger partial charge in [0.25, 0.3) is 0 Å². The molecule has 2 N–H and O–H groups in total. The van der Waals surface area contributed by atoms with Crippen LogP contribution >= 0.6 is 11.3 Å². The minimum Gasteiger partial charge on any atom is -0.351 e. The first kappa shape index (κ1) is 17.0. The van der Waals surface area contributed by atoms with Gasteiger partial charge in [-0.15, -0.1) is 0 Å². The van der Waals surface area contributed by atoms with Crippen molar-refractivity contribution < 1.29 is 0 Å². The first-order valence-corrected chi connectivity index (χ1v) is 10.6. The summed E-state index contributed by atoms with van der Waals surface area (Å²) in [7, 11) is 2.17. The van der Waals surface area contributed by atoms with Crippen molar-refractivity contribution in [3.63, 3.8) is 0 Å². The number of nitrogens with zero attached hydrogens (tertiary/aromatic N) is 2. The van der Waals surface area contributed by atoms with Crippen molar-refractivity contribution >= 4 is 16.5 Å². The molecule has 1 fully saturated rings. The molecule has 0 radical (unpaired) electrons. The van der Waals surface area contributed by atoms with E-state index in [1.807, 2.05) is 11.3 Å². The third-order valence-corrected chi connectivity index (χ3v) is 7.05. The third kappa shape index (κ3) is 3.34. The van der Waals surface area contributed by atoms with Gasteiger partial charge in [-0.3, -0.25) is 0 Å². The van der Waals surface area contributed by atoms with Crippen molar-refractivity contribution in [3.8, 4) is 10.4 Å². The van der Waals surface area contributed by atoms with Gasteiger partial charge in [0.1, 0.15) is 0 Å². The summed E-state index contributed by atoms with van der Waals surface area (Å²) in [6, 6.07) is 7.55. The van der Waals surface area contributed by atoms with Gasteiger partial charge in [-0.2, -0.15) is 0 Å². The van der Waals surface area contributed by atoms with E-state index in [1.165, 1.54) is 58.1 Å². The Labute approximate surface area is 155 Å². The second kappa shape index (κ2) is 7.08. The van der Waals surface area contributed by atoms with Crippen molar-refractivity contribution in [2.75, 3.05) is 18.5 Å². The summed E-state index contributed by atoms with van der Waals surface area (Å²) in [6.07, 6.45) is 8.23. The Morgan fingerprint density at radius 1 is 1.28 bits per heavy atom. The highest BCUT2D eigenvalue weighted by Crippen LogP contribution is 2.42. The number of aromatic nitrogens is 1. The van der Waals surface area contributed by atoms with Crippen LogP contribution in [0.4, 0.5) is 5.13 Å². The Balaban J connectivity index is 1.60. The van der Waals surface area contributed by atoms with Crippen LogP contribution in [0.25, 0.3) is 10.4 Å². The summed E-state index contributed by atoms with van der Waals surface area (Å²) >= 11 is 1.87. The molecule has 1 saturated carbocycles. The number of unbranched alkanes of at least 4 members (excludes halogenated alkanes) is 1. The molecule has 25 heavy (non-hydrogen) atoms. The van der Waals surface area contributed by atoms with Gasteiger partial charge in [-0.05, 0) is 61.1 Å². The normalized spacial score (nSPS) is 21.9. The van der Waals surface area contributed by atoms with Crippen molar-refractivity contribution in [2.24, 2.45) is 5.73 Å². The zero-order chi connectivity index (χ0) is 17.4. The van der Waals surface area contributed by atoms with Gasteiger partial charge in [0.15, 0.2) is 5.13 Å². The minimum absolute atomic E-state index is 0.398. The molecule has 1 aromatic heterocycles. The Morgan fingerprint density at radius 3 is 2.92 bits per heavy atom. The highest BCUT2D eigenvalue weighted by molar-refractivity contribution is 7.19. The number of rotatable bonds is 5. The number of aryl methyl sites for hydroxylation is 2. The van der Waals surface area contributed by atoms with E-state index >= 15 is 0 Å². The molecule has 4 heteroatoms. The van der Waals surface area contributed by atoms with E-state index in [-0.39, 0.29) is 0 Å². The molecule has 2 aromatic rings. The quantitative estimate of drug-likeness (QED) is 0.842. The number of hydrogen-bond donors (Lipinski definition) is 1. The molecule has 2 atom stereocenters. The highest BCUT2D eigenvalue weighted by Gasteiger charge is 2.26. The molecule has 2 aliphatic carbocycles. The van der Waals surface area contributed by atoms with Crippen molar-refractivity contribution in [3.05, 3.63) is 35.0 Å². The van der Waals surface area contributed by atoms with Gasteiger partial charge in [-0.25, -0.2) is 4.98 Å². The standard InChI is InChI=1S/C21H29N3S/c1-3-4-11-24(2)21-23-19-10-7-16-12-14(15-5-8-17(22)13-15)6-9-18(16)20(19)25-21/h6,9,12,15,17H,3-5,7-8,10-11,13,22H2,1-2H3/t15-,17?/m0/s1. The number of anilines is 1. The molecule has 0 saturated heterocycles. The van der Waals surface area contributed by atoms with Crippen LogP contribution < -0.4 is 10.6 Å². The first-order chi connectivity index (χ1) is 12.2. The second-order valence-electron chi connectivity index (χ2n) is 7.73. The van der Waals surface area contributed by atoms with Crippen LogP contribution in [0.5, 0.6) is 0 Å². The Kier molecular flexibility index (Phi) is 4.83. The van der Waals surface area contributed by atoms with E-state index in [0.29, 0.717) is 12.0 Å². The molecule has 0 amide bonds. The molecule has 4 rings (SSSR count). The fraction of sp³-hybridized carbons (Fsp3) is 0.571. The predicted octanol–water partition coefficient (Wildman–Crippen LogP) is 4.74. The van der Waals surface area contributed by atoms with Crippen molar-refractivity contribution in [1.82, 2.24) is 4.98 Å². The van der Waals surface area contributed by atoms with Crippen LogP contribution in [0.1, 0.15) is 61.8 Å². The Bertz CT molecular complexity index is 752. The van der Waals surface area contributed by atoms with E-state index in [0.717, 1.165) is 25.8 Å². The van der Waals surface area contributed by atoms with Gasteiger partial charge >= 0.3 is 0 Å². The fourth-order valence-electron chi connectivity index (χ4n) is 4.24. The monoisotopic (exact) mass is 355 g/mol. The molecule has 1 unspecified atom stereocenters. The summed E-state index contributed by atoms with van der Waals surface area (Å²) in [5.41, 5.74) is 11.8. The van der Waals surface area contributed by atoms with Gasteiger partial charge in [0.05, 0.1) is 10.6 Å². The zero-order valence-electron chi connectivity index (χ0n) is 15.4. The molecule has 0 spiro atoms. The molecule has 134 valence electrons. The molecule has 2 aliphatic rings. The van der Waals surface area contributed by atoms with Crippen molar-refractivity contribution in [1.29, 1.82) is 0 Å². The fourth-order valence-corrected chi connectivity index (χ4v) is 5.40. The SMILES string of the molecule is CCCCN(C)c1nc2c(s1)-c1ccc([C@H]3CCC(N)C3)cc1CC2. The number of benzene rings is 1. The van der Waals surface area contributed by atoms with Crippen LogP contribution in [-0.2, 0) is 12.8 Å². The molecular formula is C21H29N3S. The lowest BCUT2D eigenvalue weighted by Crippen LogP contribution is -2.18. The maximum atomic E-state index is 6.12. The van der Waals surface area contributed by atoms with Crippen LogP contribution in [0.2, 0.25) is 0 Å². The summed E-state index contributed by atoms with van der Waals surface area (Å²) in [4.78, 5) is 8.66. The number of nitrogens with two attached hydrogens (primary N) is 1. The van der Waals surface area contributed by atoms with Crippen LogP contribution in [-0.4, -0.2) is 24.6 Å². The van der Waals surface area contributed by atoms with E-state index in [4.69, 9.17) is 10.7 Å². The van der Waals surface area contributed by atoms with Crippen LogP contribution in [0, 0.1) is 0 Å². The molecule has 0 aliphatic heterocycles. The summed E-state index contributed by atoms with van der Waals surface area (Å²) in [5, 5.41) is 1.18. The minimum atomic E-state index is 0.398. The van der Waals surface area contributed by atoms with E-state index in [2.05, 4.69) is 37.1 Å². The zero-order valence-corrected chi connectivity index (χ0v) is 16.2. The number of fused-ring (bicyclic) bond motifs is 3. The maximum Gasteiger partial charge on any atom is 0.185 e. The Morgan fingerprint density at radius 2 is 2.16 bits per heavy atom. The molecule has 1 heterocycles. The van der Waals surface area contributed by atoms with E-state index < -0.39 is 0 Å². The summed E-state index contributed by atoms with van der Waals surface area (Å²) < 4.78 is 0. The van der Waals surface area contributed by atoms with Crippen LogP contribution in [0.3, 0.4) is 0 Å². The summed E-state index contributed by atoms with van der Waals surface area (Å²) in [6.45, 7) is 3.34. The first-order valence-electron chi connectivity index (χ1n) is 9.75. The maximum absolute atomic E-state index is 6.12. The van der Waals surface area contributed by atoms with Crippen LogP contribution in [0.15, 0.2) is 18.2 Å². The van der Waals surface area contributed by atoms with E-state index in [9.17, 15) is 0 Å². The Hall–Kier alpha value is -1.39. The molecule has 3 nitrogen and oxygen atoms in total. The van der Waals surface area contributed by atoms with Gasteiger partial charge in [-0.1, -0.05) is 42.9 Å². The second-order valence-corrected chi connectivity index (χ2v) is 8.71. The average molecular weight is 356 g/mol. The highest BCUT2D eigenvalue weighted by atomic mass is 32.1. The third-order valence-electron chi connectivity index (χ3n) is 5.81. The lowest BCUT2D eigenvalue weighted by Gasteiger charge is -2.18.